The van der Waals surface area contributed by atoms with Gasteiger partial charge in [0, 0.05) is 0 Å². The summed E-state index contributed by atoms with van der Waals surface area (Å²) in [7, 11) is 0. The second-order valence-electron chi connectivity index (χ2n) is 3.86. The first kappa shape index (κ1) is 13.0. The molecule has 4 heteroatoms. The van der Waals surface area contributed by atoms with E-state index in [1.165, 1.54) is 6.92 Å². The SMILES string of the molecule is C=C(O)C(CC(C)C)NC(=O)C(C)O. The molecule has 3 N–H and O–H groups in total. The van der Waals surface area contributed by atoms with Gasteiger partial charge in [0.1, 0.15) is 11.9 Å². The molecule has 0 spiro atoms. The number of hydrogen-bond donors (Lipinski definition) is 3. The van der Waals surface area contributed by atoms with Crippen molar-refractivity contribution in [2.45, 2.75) is 39.3 Å². The number of carbonyl (C=O) groups is 1. The van der Waals surface area contributed by atoms with Gasteiger partial charge in [0.15, 0.2) is 0 Å². The van der Waals surface area contributed by atoms with Crippen molar-refractivity contribution in [1.82, 2.24) is 5.32 Å². The lowest BCUT2D eigenvalue weighted by Crippen LogP contribution is -2.41. The summed E-state index contributed by atoms with van der Waals surface area (Å²) in [6.07, 6.45) is -0.461. The Bertz CT molecular complexity index is 211. The van der Waals surface area contributed by atoms with Crippen LogP contribution >= 0.6 is 0 Å². The Kier molecular flexibility index (Phi) is 5.23. The largest absolute Gasteiger partial charge is 0.511 e. The number of amides is 1. The van der Waals surface area contributed by atoms with E-state index in [-0.39, 0.29) is 5.76 Å². The quantitative estimate of drug-likeness (QED) is 0.580. The zero-order valence-electron chi connectivity index (χ0n) is 8.95. The third kappa shape index (κ3) is 4.87. The van der Waals surface area contributed by atoms with E-state index in [2.05, 4.69) is 11.9 Å². The van der Waals surface area contributed by atoms with Crippen molar-refractivity contribution in [1.29, 1.82) is 0 Å². The molecule has 82 valence electrons. The first-order valence-corrected chi connectivity index (χ1v) is 4.70. The third-order valence-electron chi connectivity index (χ3n) is 1.81. The highest BCUT2D eigenvalue weighted by Gasteiger charge is 2.18. The van der Waals surface area contributed by atoms with Gasteiger partial charge in [0.25, 0.3) is 0 Å². The molecule has 0 aromatic carbocycles. The number of hydrogen-bond acceptors (Lipinski definition) is 3. The molecule has 14 heavy (non-hydrogen) atoms. The molecular formula is C10H19NO3. The topological polar surface area (TPSA) is 69.6 Å². The van der Waals surface area contributed by atoms with Crippen molar-refractivity contribution in [3.63, 3.8) is 0 Å². The van der Waals surface area contributed by atoms with Crippen molar-refractivity contribution >= 4 is 5.91 Å². The predicted molar refractivity (Wildman–Crippen MR) is 54.8 cm³/mol. The van der Waals surface area contributed by atoms with Crippen LogP contribution < -0.4 is 5.32 Å². The van der Waals surface area contributed by atoms with Crippen LogP contribution in [0, 0.1) is 5.92 Å². The molecule has 0 aromatic rings. The Balaban J connectivity index is 4.23. The maximum atomic E-state index is 11.1. The number of carbonyl (C=O) groups excluding carboxylic acids is 1. The number of aliphatic hydroxyl groups is 2. The lowest BCUT2D eigenvalue weighted by molar-refractivity contribution is -0.129. The van der Waals surface area contributed by atoms with Gasteiger partial charge in [-0.3, -0.25) is 4.79 Å². The molecule has 0 aliphatic carbocycles. The van der Waals surface area contributed by atoms with E-state index < -0.39 is 18.1 Å². The number of rotatable bonds is 5. The molecule has 0 fully saturated rings. The van der Waals surface area contributed by atoms with Gasteiger partial charge in [-0.15, -0.1) is 0 Å². The Morgan fingerprint density at radius 1 is 1.43 bits per heavy atom. The van der Waals surface area contributed by atoms with Gasteiger partial charge < -0.3 is 15.5 Å². The molecular weight excluding hydrogens is 182 g/mol. The second-order valence-corrected chi connectivity index (χ2v) is 3.86. The molecule has 0 saturated carbocycles. The van der Waals surface area contributed by atoms with E-state index in [1.54, 1.807) is 0 Å². The summed E-state index contributed by atoms with van der Waals surface area (Å²) >= 11 is 0. The molecule has 0 aliphatic heterocycles. The van der Waals surface area contributed by atoms with E-state index in [0.717, 1.165) is 0 Å². The summed E-state index contributed by atoms with van der Waals surface area (Å²) in [5, 5.41) is 20.7. The lowest BCUT2D eigenvalue weighted by Gasteiger charge is -2.20. The third-order valence-corrected chi connectivity index (χ3v) is 1.81. The number of nitrogens with one attached hydrogen (secondary N) is 1. The van der Waals surface area contributed by atoms with E-state index in [9.17, 15) is 9.90 Å². The minimum Gasteiger partial charge on any atom is -0.511 e. The predicted octanol–water partition coefficient (Wildman–Crippen LogP) is 0.970. The van der Waals surface area contributed by atoms with Crippen LogP contribution in [0.25, 0.3) is 0 Å². The maximum absolute atomic E-state index is 11.1. The molecule has 0 rings (SSSR count). The van der Waals surface area contributed by atoms with Crippen LogP contribution in [0.5, 0.6) is 0 Å². The first-order valence-electron chi connectivity index (χ1n) is 4.70. The van der Waals surface area contributed by atoms with Gasteiger partial charge in [0.2, 0.25) is 5.91 Å². The van der Waals surface area contributed by atoms with Crippen LogP contribution in [0.4, 0.5) is 0 Å². The van der Waals surface area contributed by atoms with Crippen LogP contribution in [-0.4, -0.2) is 28.3 Å². The summed E-state index contributed by atoms with van der Waals surface area (Å²) in [5.74, 6) is -0.239. The van der Waals surface area contributed by atoms with Crippen LogP contribution in [-0.2, 0) is 4.79 Å². The summed E-state index contributed by atoms with van der Waals surface area (Å²) in [5.41, 5.74) is 0. The van der Waals surface area contributed by atoms with Gasteiger partial charge in [-0.1, -0.05) is 20.4 Å². The molecule has 2 atom stereocenters. The molecule has 0 aromatic heterocycles. The minimum atomic E-state index is -1.07. The monoisotopic (exact) mass is 201 g/mol. The van der Waals surface area contributed by atoms with Gasteiger partial charge in [-0.2, -0.15) is 0 Å². The van der Waals surface area contributed by atoms with E-state index in [1.807, 2.05) is 13.8 Å². The molecule has 1 amide bonds. The van der Waals surface area contributed by atoms with E-state index >= 15 is 0 Å². The summed E-state index contributed by atoms with van der Waals surface area (Å²) in [4.78, 5) is 11.1. The maximum Gasteiger partial charge on any atom is 0.249 e. The normalized spacial score (nSPS) is 14.9. The zero-order valence-corrected chi connectivity index (χ0v) is 8.95. The molecule has 0 heterocycles. The highest BCUT2D eigenvalue weighted by Crippen LogP contribution is 2.09. The minimum absolute atomic E-state index is 0.0762. The van der Waals surface area contributed by atoms with Crippen molar-refractivity contribution in [3.8, 4) is 0 Å². The Hall–Kier alpha value is -1.03. The highest BCUT2D eigenvalue weighted by molar-refractivity contribution is 5.80. The Morgan fingerprint density at radius 2 is 1.93 bits per heavy atom. The van der Waals surface area contributed by atoms with Crippen molar-refractivity contribution < 1.29 is 15.0 Å². The van der Waals surface area contributed by atoms with Gasteiger partial charge in [-0.05, 0) is 19.3 Å². The Labute approximate surface area is 84.6 Å². The fraction of sp³-hybridized carbons (Fsp3) is 0.700. The molecule has 0 bridgehead atoms. The molecule has 2 unspecified atom stereocenters. The van der Waals surface area contributed by atoms with Crippen LogP contribution in [0.1, 0.15) is 27.2 Å². The van der Waals surface area contributed by atoms with Crippen LogP contribution in [0.3, 0.4) is 0 Å². The molecule has 0 aliphatic rings. The van der Waals surface area contributed by atoms with E-state index in [0.29, 0.717) is 12.3 Å². The lowest BCUT2D eigenvalue weighted by atomic mass is 10.0. The average Bonchev–Trinajstić information content (AvgIpc) is 2.01. The average molecular weight is 201 g/mol. The van der Waals surface area contributed by atoms with Gasteiger partial charge >= 0.3 is 0 Å². The summed E-state index contributed by atoms with van der Waals surface area (Å²) in [6, 6.07) is -0.475. The Morgan fingerprint density at radius 3 is 2.21 bits per heavy atom. The molecule has 4 nitrogen and oxygen atoms in total. The first-order chi connectivity index (χ1) is 6.34. The smallest absolute Gasteiger partial charge is 0.249 e. The molecule has 0 saturated heterocycles. The number of aliphatic hydroxyl groups excluding tert-OH is 2. The van der Waals surface area contributed by atoms with Crippen molar-refractivity contribution in [2.75, 3.05) is 0 Å². The van der Waals surface area contributed by atoms with Crippen molar-refractivity contribution in [3.05, 3.63) is 12.3 Å². The standard InChI is InChI=1S/C10H19NO3/c1-6(2)5-9(7(3)12)11-10(14)8(4)13/h6,8-9,12-13H,3,5H2,1-2,4H3,(H,11,14). The van der Waals surface area contributed by atoms with Gasteiger partial charge in [-0.25, -0.2) is 0 Å². The fourth-order valence-corrected chi connectivity index (χ4v) is 1.04. The van der Waals surface area contributed by atoms with Crippen molar-refractivity contribution in [2.24, 2.45) is 5.92 Å². The van der Waals surface area contributed by atoms with Gasteiger partial charge in [0.05, 0.1) is 6.04 Å². The highest BCUT2D eigenvalue weighted by atomic mass is 16.3. The fourth-order valence-electron chi connectivity index (χ4n) is 1.04. The second kappa shape index (κ2) is 5.65. The summed E-state index contributed by atoms with van der Waals surface area (Å²) < 4.78 is 0. The molecule has 0 radical (unpaired) electrons. The summed E-state index contributed by atoms with van der Waals surface area (Å²) in [6.45, 7) is 8.71. The van der Waals surface area contributed by atoms with Crippen LogP contribution in [0.2, 0.25) is 0 Å². The zero-order chi connectivity index (χ0) is 11.3. The van der Waals surface area contributed by atoms with E-state index in [4.69, 9.17) is 5.11 Å². The van der Waals surface area contributed by atoms with Crippen LogP contribution in [0.15, 0.2) is 12.3 Å².